The number of amides is 2. The highest BCUT2D eigenvalue weighted by Crippen LogP contribution is 2.14. The van der Waals surface area contributed by atoms with Crippen LogP contribution in [0.15, 0.2) is 18.5 Å². The van der Waals surface area contributed by atoms with Crippen molar-refractivity contribution in [2.45, 2.75) is 32.9 Å². The minimum atomic E-state index is -1.23. The molecule has 1 heterocycles. The van der Waals surface area contributed by atoms with Crippen molar-refractivity contribution in [1.82, 2.24) is 20.0 Å². The van der Waals surface area contributed by atoms with Crippen LogP contribution in [0.5, 0.6) is 0 Å². The van der Waals surface area contributed by atoms with Crippen molar-refractivity contribution in [3.05, 3.63) is 18.5 Å². The number of carbonyl (C=O) groups is 2. The van der Waals surface area contributed by atoms with E-state index in [0.29, 0.717) is 19.6 Å². The van der Waals surface area contributed by atoms with Crippen LogP contribution in [0.25, 0.3) is 0 Å². The zero-order chi connectivity index (χ0) is 14.5. The lowest BCUT2D eigenvalue weighted by molar-refractivity contribution is -0.147. The molecule has 0 aliphatic heterocycles. The number of likely N-dealkylation sites (N-methyl/N-ethyl adjacent to an activating group) is 1. The molecule has 1 rings (SSSR count). The number of nitrogens with zero attached hydrogens (tertiary/aromatic N) is 3. The number of urea groups is 1. The van der Waals surface area contributed by atoms with Gasteiger partial charge in [-0.1, -0.05) is 0 Å². The Hall–Kier alpha value is -2.05. The van der Waals surface area contributed by atoms with Gasteiger partial charge in [-0.25, -0.2) is 9.59 Å². The van der Waals surface area contributed by atoms with Crippen molar-refractivity contribution < 1.29 is 14.7 Å². The van der Waals surface area contributed by atoms with Crippen molar-refractivity contribution >= 4 is 12.0 Å². The second kappa shape index (κ2) is 6.21. The molecule has 0 atom stereocenters. The summed E-state index contributed by atoms with van der Waals surface area (Å²) in [4.78, 5) is 24.4. The molecule has 19 heavy (non-hydrogen) atoms. The molecule has 106 valence electrons. The number of carbonyl (C=O) groups excluding carboxylic acids is 1. The van der Waals surface area contributed by atoms with Gasteiger partial charge in [0.2, 0.25) is 0 Å². The van der Waals surface area contributed by atoms with E-state index in [2.05, 4.69) is 10.4 Å². The average molecular weight is 268 g/mol. The summed E-state index contributed by atoms with van der Waals surface area (Å²) in [7, 11) is 0. The molecule has 7 nitrogen and oxygen atoms in total. The van der Waals surface area contributed by atoms with Crippen molar-refractivity contribution in [1.29, 1.82) is 0 Å². The second-order valence-electron chi connectivity index (χ2n) is 4.61. The highest BCUT2D eigenvalue weighted by molar-refractivity contribution is 5.85. The molecular formula is C12H20N4O3. The molecule has 1 aromatic rings. The fraction of sp³-hybridized carbons (Fsp3) is 0.583. The highest BCUT2D eigenvalue weighted by Gasteiger charge is 2.36. The summed E-state index contributed by atoms with van der Waals surface area (Å²) in [6.45, 7) is 6.03. The Morgan fingerprint density at radius 1 is 1.47 bits per heavy atom. The van der Waals surface area contributed by atoms with Gasteiger partial charge in [0, 0.05) is 25.5 Å². The number of carboxylic acid groups (broad SMARTS) is 1. The first-order valence-corrected chi connectivity index (χ1v) is 6.16. The number of hydrogen-bond acceptors (Lipinski definition) is 3. The average Bonchev–Trinajstić information content (AvgIpc) is 2.82. The summed E-state index contributed by atoms with van der Waals surface area (Å²) >= 11 is 0. The lowest BCUT2D eigenvalue weighted by atomic mass is 10.0. The molecule has 7 heteroatoms. The van der Waals surface area contributed by atoms with E-state index in [-0.39, 0.29) is 6.03 Å². The molecule has 0 saturated heterocycles. The van der Waals surface area contributed by atoms with Crippen LogP contribution in [0, 0.1) is 0 Å². The fourth-order valence-corrected chi connectivity index (χ4v) is 1.71. The molecule has 0 bridgehead atoms. The lowest BCUT2D eigenvalue weighted by Gasteiger charge is -2.34. The van der Waals surface area contributed by atoms with Crippen LogP contribution in [0.1, 0.15) is 20.8 Å². The molecule has 0 saturated carbocycles. The summed E-state index contributed by atoms with van der Waals surface area (Å²) in [5.74, 6) is -1.03. The maximum absolute atomic E-state index is 12.0. The maximum atomic E-state index is 12.0. The first-order valence-electron chi connectivity index (χ1n) is 6.16. The third kappa shape index (κ3) is 3.70. The standard InChI is InChI=1S/C12H20N4O3/c1-4-16(12(2,3)10(17)18)11(19)13-7-9-15-8-5-6-14-15/h5-6,8H,4,7,9H2,1-3H3,(H,13,19)(H,17,18). The molecule has 0 unspecified atom stereocenters. The fourth-order valence-electron chi connectivity index (χ4n) is 1.71. The SMILES string of the molecule is CCN(C(=O)NCCn1cccn1)C(C)(C)C(=O)O. The molecule has 0 aliphatic carbocycles. The van der Waals surface area contributed by atoms with Crippen LogP contribution in [0.2, 0.25) is 0 Å². The third-order valence-corrected chi connectivity index (χ3v) is 2.94. The third-order valence-electron chi connectivity index (χ3n) is 2.94. The second-order valence-corrected chi connectivity index (χ2v) is 4.61. The van der Waals surface area contributed by atoms with Crippen LogP contribution in [0.3, 0.4) is 0 Å². The van der Waals surface area contributed by atoms with Crippen molar-refractivity contribution in [3.8, 4) is 0 Å². The zero-order valence-electron chi connectivity index (χ0n) is 11.5. The molecule has 0 fully saturated rings. The molecule has 1 aromatic heterocycles. The van der Waals surface area contributed by atoms with E-state index >= 15 is 0 Å². The first-order chi connectivity index (χ1) is 8.89. The largest absolute Gasteiger partial charge is 0.480 e. The van der Waals surface area contributed by atoms with Crippen LogP contribution in [-0.2, 0) is 11.3 Å². The molecule has 2 amide bonds. The van der Waals surface area contributed by atoms with Crippen LogP contribution in [0.4, 0.5) is 4.79 Å². The van der Waals surface area contributed by atoms with Crippen LogP contribution < -0.4 is 5.32 Å². The van der Waals surface area contributed by atoms with Crippen LogP contribution >= 0.6 is 0 Å². The van der Waals surface area contributed by atoms with Gasteiger partial charge in [0.25, 0.3) is 0 Å². The number of carboxylic acids is 1. The Balaban J connectivity index is 2.52. The minimum Gasteiger partial charge on any atom is -0.480 e. The maximum Gasteiger partial charge on any atom is 0.329 e. The van der Waals surface area contributed by atoms with Gasteiger partial charge >= 0.3 is 12.0 Å². The summed E-state index contributed by atoms with van der Waals surface area (Å²) in [6.07, 6.45) is 3.46. The Bertz CT molecular complexity index is 428. The zero-order valence-corrected chi connectivity index (χ0v) is 11.5. The van der Waals surface area contributed by atoms with E-state index in [1.54, 1.807) is 30.1 Å². The number of aromatic nitrogens is 2. The number of rotatable bonds is 6. The quantitative estimate of drug-likeness (QED) is 0.798. The lowest BCUT2D eigenvalue weighted by Crippen LogP contribution is -2.56. The molecular weight excluding hydrogens is 248 g/mol. The van der Waals surface area contributed by atoms with Gasteiger partial charge in [-0.15, -0.1) is 0 Å². The smallest absolute Gasteiger partial charge is 0.329 e. The van der Waals surface area contributed by atoms with Crippen molar-refractivity contribution in [2.24, 2.45) is 0 Å². The van der Waals surface area contributed by atoms with Gasteiger partial charge in [-0.05, 0) is 26.8 Å². The summed E-state index contributed by atoms with van der Waals surface area (Å²) in [5.41, 5.74) is -1.23. The van der Waals surface area contributed by atoms with E-state index in [0.717, 1.165) is 0 Å². The number of hydrogen-bond donors (Lipinski definition) is 2. The van der Waals surface area contributed by atoms with Gasteiger partial charge in [0.15, 0.2) is 0 Å². The van der Waals surface area contributed by atoms with Gasteiger partial charge in [0.1, 0.15) is 5.54 Å². The molecule has 0 radical (unpaired) electrons. The summed E-state index contributed by atoms with van der Waals surface area (Å²) in [5, 5.41) is 15.8. The highest BCUT2D eigenvalue weighted by atomic mass is 16.4. The van der Waals surface area contributed by atoms with Gasteiger partial charge in [-0.2, -0.15) is 5.10 Å². The minimum absolute atomic E-state index is 0.326. The van der Waals surface area contributed by atoms with E-state index in [9.17, 15) is 9.59 Å². The number of aliphatic carboxylic acids is 1. The summed E-state index contributed by atoms with van der Waals surface area (Å²) < 4.78 is 1.69. The first kappa shape index (κ1) is 15.0. The van der Waals surface area contributed by atoms with Crippen molar-refractivity contribution in [3.63, 3.8) is 0 Å². The van der Waals surface area contributed by atoms with Crippen LogP contribution in [-0.4, -0.2) is 50.4 Å². The Labute approximate surface area is 112 Å². The Kier molecular flexibility index (Phi) is 4.91. The molecule has 0 spiro atoms. The molecule has 0 aromatic carbocycles. The predicted molar refractivity (Wildman–Crippen MR) is 69.7 cm³/mol. The topological polar surface area (TPSA) is 87.5 Å². The molecule has 2 N–H and O–H groups in total. The van der Waals surface area contributed by atoms with Gasteiger partial charge in [0.05, 0.1) is 6.54 Å². The van der Waals surface area contributed by atoms with E-state index in [4.69, 9.17) is 5.11 Å². The summed E-state index contributed by atoms with van der Waals surface area (Å²) in [6, 6.07) is 1.41. The monoisotopic (exact) mass is 268 g/mol. The van der Waals surface area contributed by atoms with E-state index in [1.165, 1.54) is 18.7 Å². The molecule has 0 aliphatic rings. The predicted octanol–water partition coefficient (Wildman–Crippen LogP) is 0.778. The van der Waals surface area contributed by atoms with E-state index in [1.807, 2.05) is 0 Å². The normalized spacial score (nSPS) is 11.1. The Morgan fingerprint density at radius 2 is 2.16 bits per heavy atom. The van der Waals surface area contributed by atoms with E-state index < -0.39 is 11.5 Å². The van der Waals surface area contributed by atoms with Gasteiger partial charge < -0.3 is 15.3 Å². The number of nitrogens with one attached hydrogen (secondary N) is 1. The van der Waals surface area contributed by atoms with Crippen molar-refractivity contribution in [2.75, 3.05) is 13.1 Å². The Morgan fingerprint density at radius 3 is 2.63 bits per heavy atom. The van der Waals surface area contributed by atoms with Gasteiger partial charge in [-0.3, -0.25) is 4.68 Å².